The fourth-order valence-corrected chi connectivity index (χ4v) is 3.62. The summed E-state index contributed by atoms with van der Waals surface area (Å²) in [4.78, 5) is 0. The van der Waals surface area contributed by atoms with Crippen LogP contribution in [0.3, 0.4) is 0 Å². The summed E-state index contributed by atoms with van der Waals surface area (Å²) < 4.78 is 0. The predicted molar refractivity (Wildman–Crippen MR) is 78.4 cm³/mol. The highest BCUT2D eigenvalue weighted by molar-refractivity contribution is 6.76. The fraction of sp³-hybridized carbons (Fsp3) is 0.833. The summed E-state index contributed by atoms with van der Waals surface area (Å²) >= 11 is 0. The number of hydrogen-bond donors (Lipinski definition) is 1. The third-order valence-electron chi connectivity index (χ3n) is 2.41. The first-order valence-corrected chi connectivity index (χ1v) is 11.8. The number of rotatable bonds is 8. The van der Waals surface area contributed by atoms with Crippen molar-refractivity contribution >= 4 is 17.6 Å². The second-order valence-corrected chi connectivity index (χ2v) is 13.2. The van der Waals surface area contributed by atoms with Crippen molar-refractivity contribution in [3.8, 4) is 0 Å². The van der Waals surface area contributed by atoms with Gasteiger partial charge in [0.1, 0.15) is 0 Å². The van der Waals surface area contributed by atoms with Gasteiger partial charge in [0.05, 0.1) is 0 Å². The lowest BCUT2D eigenvalue weighted by atomic mass is 10.4. The van der Waals surface area contributed by atoms with Gasteiger partial charge >= 0.3 is 0 Å². The van der Waals surface area contributed by atoms with Crippen LogP contribution in [0, 0.1) is 0 Å². The molecule has 0 saturated heterocycles. The molecule has 0 aromatic rings. The van der Waals surface area contributed by atoms with E-state index >= 15 is 0 Å². The van der Waals surface area contributed by atoms with E-state index < -0.39 is 8.07 Å². The van der Waals surface area contributed by atoms with E-state index in [0.29, 0.717) is 0 Å². The second-order valence-electron chi connectivity index (χ2n) is 5.84. The largest absolute Gasteiger partial charge is 0.317 e. The van der Waals surface area contributed by atoms with Crippen LogP contribution in [0.4, 0.5) is 0 Å². The average molecular weight is 244 g/mol. The van der Waals surface area contributed by atoms with E-state index in [1.807, 2.05) is 0 Å². The molecule has 0 unspecified atom stereocenters. The Bertz CT molecular complexity index is 179. The summed E-state index contributed by atoms with van der Waals surface area (Å²) in [5.41, 5.74) is 3.98. The third-order valence-corrected chi connectivity index (χ3v) is 6.18. The van der Waals surface area contributed by atoms with Gasteiger partial charge in [0.15, 0.2) is 0 Å². The molecule has 1 N–H and O–H groups in total. The lowest BCUT2D eigenvalue weighted by Gasteiger charge is -2.15. The van der Waals surface area contributed by atoms with Crippen LogP contribution in [0.15, 0.2) is 11.3 Å². The van der Waals surface area contributed by atoms with E-state index in [9.17, 15) is 0 Å². The maximum atomic E-state index is 3.57. The highest BCUT2D eigenvalue weighted by atomic mass is 28.3. The van der Waals surface area contributed by atoms with Crippen LogP contribution >= 0.6 is 0 Å². The van der Waals surface area contributed by atoms with E-state index in [0.717, 1.165) is 0 Å². The van der Waals surface area contributed by atoms with Crippen molar-refractivity contribution < 1.29 is 0 Å². The molecule has 0 amide bonds. The van der Waals surface area contributed by atoms with Gasteiger partial charge in [-0.3, -0.25) is 0 Å². The van der Waals surface area contributed by atoms with E-state index in [-0.39, 0.29) is 9.52 Å². The normalized spacial score (nSPS) is 12.3. The smallest absolute Gasteiger partial charge is 0.0455 e. The molecule has 0 aromatic carbocycles. The minimum Gasteiger partial charge on any atom is -0.317 e. The van der Waals surface area contributed by atoms with Crippen LogP contribution in [-0.4, -0.2) is 30.7 Å². The van der Waals surface area contributed by atoms with Gasteiger partial charge in [-0.1, -0.05) is 31.3 Å². The number of allylic oxidation sites excluding steroid dienone is 1. The van der Waals surface area contributed by atoms with Crippen LogP contribution in [-0.2, 0) is 0 Å². The van der Waals surface area contributed by atoms with Gasteiger partial charge in [-0.25, -0.2) is 0 Å². The van der Waals surface area contributed by atoms with E-state index in [2.05, 4.69) is 44.5 Å². The molecule has 1 nitrogen and oxygen atoms in total. The Morgan fingerprint density at radius 2 is 1.87 bits per heavy atom. The average Bonchev–Trinajstić information content (AvgIpc) is 2.07. The fourth-order valence-electron chi connectivity index (χ4n) is 1.37. The van der Waals surface area contributed by atoms with Crippen molar-refractivity contribution in [1.82, 2.24) is 5.32 Å². The summed E-state index contributed by atoms with van der Waals surface area (Å²) in [5, 5.41) is 3.57. The van der Waals surface area contributed by atoms with Gasteiger partial charge in [-0.05, 0) is 39.4 Å². The van der Waals surface area contributed by atoms with Crippen molar-refractivity contribution in [3.63, 3.8) is 0 Å². The summed E-state index contributed by atoms with van der Waals surface area (Å²) in [6.07, 6.45) is 1.38. The zero-order chi connectivity index (χ0) is 11.7. The Labute approximate surface area is 99.6 Å². The van der Waals surface area contributed by atoms with Gasteiger partial charge in [-0.15, -0.1) is 5.70 Å². The zero-order valence-corrected chi connectivity index (χ0v) is 13.7. The van der Waals surface area contributed by atoms with Gasteiger partial charge in [0, 0.05) is 17.6 Å². The van der Waals surface area contributed by atoms with Gasteiger partial charge in [0.25, 0.3) is 0 Å². The van der Waals surface area contributed by atoms with Gasteiger partial charge < -0.3 is 5.32 Å². The molecule has 0 aromatic heterocycles. The molecule has 15 heavy (non-hydrogen) atoms. The Morgan fingerprint density at radius 1 is 1.20 bits per heavy atom. The molecule has 0 aliphatic heterocycles. The Hall–Kier alpha value is 0.134. The van der Waals surface area contributed by atoms with Crippen molar-refractivity contribution in [2.45, 2.75) is 52.0 Å². The van der Waals surface area contributed by atoms with Crippen LogP contribution in [0.2, 0.25) is 31.7 Å². The standard InChI is InChI=1S/C12H29NSi2/c1-12(2)11-14-9-6-7-13-8-10-15(3,4)5/h11,13H,6-10,14H2,1-5H3. The van der Waals surface area contributed by atoms with Crippen LogP contribution in [0.5, 0.6) is 0 Å². The molecule has 0 atom stereocenters. The number of hydrogen-bond acceptors (Lipinski definition) is 1. The zero-order valence-electron chi connectivity index (χ0n) is 11.3. The molecule has 90 valence electrons. The molecule has 0 saturated carbocycles. The molecule has 0 bridgehead atoms. The maximum absolute atomic E-state index is 3.57. The molecule has 0 spiro atoms. The first-order chi connectivity index (χ1) is 6.92. The molecule has 0 heterocycles. The lowest BCUT2D eigenvalue weighted by molar-refractivity contribution is 0.697. The molecule has 0 rings (SSSR count). The minimum absolute atomic E-state index is 0.109. The topological polar surface area (TPSA) is 12.0 Å². The quantitative estimate of drug-likeness (QED) is 0.511. The maximum Gasteiger partial charge on any atom is 0.0455 e. The molecule has 0 aliphatic carbocycles. The molecular weight excluding hydrogens is 214 g/mol. The SMILES string of the molecule is CC(C)=C[SiH2]CCCNCC[Si](C)(C)C. The lowest BCUT2D eigenvalue weighted by Crippen LogP contribution is -2.27. The van der Waals surface area contributed by atoms with Crippen molar-refractivity contribution in [3.05, 3.63) is 11.3 Å². The monoisotopic (exact) mass is 243 g/mol. The third kappa shape index (κ3) is 14.1. The van der Waals surface area contributed by atoms with E-state index in [1.165, 1.54) is 37.2 Å². The van der Waals surface area contributed by atoms with Crippen LogP contribution < -0.4 is 5.32 Å². The van der Waals surface area contributed by atoms with Crippen molar-refractivity contribution in [1.29, 1.82) is 0 Å². The second kappa shape index (κ2) is 8.30. The van der Waals surface area contributed by atoms with Crippen LogP contribution in [0.25, 0.3) is 0 Å². The molecular formula is C12H29NSi2. The Morgan fingerprint density at radius 3 is 2.40 bits per heavy atom. The highest BCUT2D eigenvalue weighted by Gasteiger charge is 2.10. The first kappa shape index (κ1) is 15.1. The Balaban J connectivity index is 3.16. The molecule has 0 fully saturated rings. The minimum atomic E-state index is -0.811. The summed E-state index contributed by atoms with van der Waals surface area (Å²) in [5.74, 6) is 0. The summed E-state index contributed by atoms with van der Waals surface area (Å²) in [6.45, 7) is 14.2. The van der Waals surface area contributed by atoms with Crippen molar-refractivity contribution in [2.24, 2.45) is 0 Å². The summed E-state index contributed by atoms with van der Waals surface area (Å²) in [6, 6.07) is 2.88. The molecule has 3 heteroatoms. The first-order valence-electron chi connectivity index (χ1n) is 6.26. The van der Waals surface area contributed by atoms with E-state index in [1.54, 1.807) is 0 Å². The van der Waals surface area contributed by atoms with Crippen LogP contribution in [0.1, 0.15) is 20.3 Å². The predicted octanol–water partition coefficient (Wildman–Crippen LogP) is 2.82. The Kier molecular flexibility index (Phi) is 8.38. The highest BCUT2D eigenvalue weighted by Crippen LogP contribution is 2.05. The van der Waals surface area contributed by atoms with E-state index in [4.69, 9.17) is 0 Å². The van der Waals surface area contributed by atoms with Gasteiger partial charge in [-0.2, -0.15) is 0 Å². The molecule has 0 aliphatic rings. The summed E-state index contributed by atoms with van der Waals surface area (Å²) in [7, 11) is -0.702. The van der Waals surface area contributed by atoms with Gasteiger partial charge in [0.2, 0.25) is 0 Å². The number of nitrogens with one attached hydrogen (secondary N) is 1. The van der Waals surface area contributed by atoms with Crippen molar-refractivity contribution in [2.75, 3.05) is 13.1 Å². The molecule has 0 radical (unpaired) electrons.